The van der Waals surface area contributed by atoms with Gasteiger partial charge in [-0.2, -0.15) is 4.98 Å². The van der Waals surface area contributed by atoms with E-state index in [9.17, 15) is 0 Å². The molecule has 1 unspecified atom stereocenters. The van der Waals surface area contributed by atoms with E-state index in [1.807, 2.05) is 30.3 Å². The number of aromatic amines is 1. The maximum Gasteiger partial charge on any atom is 0.216 e. The van der Waals surface area contributed by atoms with Gasteiger partial charge >= 0.3 is 0 Å². The number of ether oxygens (including phenoxy) is 2. The smallest absolute Gasteiger partial charge is 0.216 e. The predicted molar refractivity (Wildman–Crippen MR) is 155 cm³/mol. The number of halogens is 1. The largest absolute Gasteiger partial charge is 0.474 e. The van der Waals surface area contributed by atoms with Gasteiger partial charge in [-0.05, 0) is 49.1 Å². The fourth-order valence-corrected chi connectivity index (χ4v) is 5.64. The molecule has 5 heterocycles. The first-order valence-electron chi connectivity index (χ1n) is 14.1. The number of rotatable bonds is 9. The van der Waals surface area contributed by atoms with Crippen LogP contribution < -0.4 is 4.74 Å². The zero-order valence-electron chi connectivity index (χ0n) is 22.6. The molecular formula is C30H31ClN8O2. The Kier molecular flexibility index (Phi) is 7.35. The van der Waals surface area contributed by atoms with Gasteiger partial charge in [0.15, 0.2) is 0 Å². The number of hydrogen-bond donors (Lipinski definition) is 1. The lowest BCUT2D eigenvalue weighted by molar-refractivity contribution is -0.0592. The molecule has 2 aliphatic rings. The summed E-state index contributed by atoms with van der Waals surface area (Å²) in [5.74, 6) is 2.44. The molecule has 7 rings (SSSR count). The number of aromatic nitrogens is 7. The molecule has 0 radical (unpaired) electrons. The Labute approximate surface area is 242 Å². The molecule has 2 fully saturated rings. The van der Waals surface area contributed by atoms with Gasteiger partial charge in [0.2, 0.25) is 5.88 Å². The third-order valence-corrected chi connectivity index (χ3v) is 8.13. The van der Waals surface area contributed by atoms with Gasteiger partial charge in [0, 0.05) is 49.0 Å². The second kappa shape index (κ2) is 11.6. The molecule has 0 bridgehead atoms. The molecule has 2 aromatic carbocycles. The highest BCUT2D eigenvalue weighted by Crippen LogP contribution is 2.27. The van der Waals surface area contributed by atoms with Gasteiger partial charge in [0.05, 0.1) is 42.1 Å². The highest BCUT2D eigenvalue weighted by Gasteiger charge is 2.26. The number of hydrogen-bond acceptors (Lipinski definition) is 8. The molecule has 2 aliphatic heterocycles. The third-order valence-electron chi connectivity index (χ3n) is 7.88. The molecule has 41 heavy (non-hydrogen) atoms. The summed E-state index contributed by atoms with van der Waals surface area (Å²) in [6.07, 6.45) is 7.46. The monoisotopic (exact) mass is 570 g/mol. The van der Waals surface area contributed by atoms with E-state index < -0.39 is 0 Å². The zero-order valence-corrected chi connectivity index (χ0v) is 23.4. The van der Waals surface area contributed by atoms with Gasteiger partial charge in [-0.15, -0.1) is 5.10 Å². The molecule has 210 valence electrons. The Morgan fingerprint density at radius 1 is 1.02 bits per heavy atom. The first-order chi connectivity index (χ1) is 20.2. The van der Waals surface area contributed by atoms with Gasteiger partial charge in [0.1, 0.15) is 17.8 Å². The van der Waals surface area contributed by atoms with Crippen LogP contribution >= 0.6 is 11.6 Å². The quantitative estimate of drug-likeness (QED) is 0.272. The van der Waals surface area contributed by atoms with E-state index in [1.54, 1.807) is 12.4 Å². The average Bonchev–Trinajstić information content (AvgIpc) is 3.61. The molecule has 1 N–H and O–H groups in total. The summed E-state index contributed by atoms with van der Waals surface area (Å²) < 4.78 is 14.4. The number of H-pyrrole nitrogens is 1. The van der Waals surface area contributed by atoms with E-state index in [0.717, 1.165) is 96.6 Å². The molecule has 0 spiro atoms. The van der Waals surface area contributed by atoms with Crippen LogP contribution in [0.4, 0.5) is 0 Å². The Hall–Kier alpha value is -3.86. The molecule has 5 aromatic rings. The number of piperidine rings is 1. The van der Waals surface area contributed by atoms with Crippen molar-refractivity contribution >= 4 is 22.6 Å². The Bertz CT molecular complexity index is 1610. The van der Waals surface area contributed by atoms with Crippen LogP contribution in [-0.2, 0) is 24.2 Å². The van der Waals surface area contributed by atoms with Crippen molar-refractivity contribution < 1.29 is 9.47 Å². The van der Waals surface area contributed by atoms with Crippen molar-refractivity contribution in [3.8, 4) is 17.1 Å². The highest BCUT2D eigenvalue weighted by atomic mass is 35.5. The minimum Gasteiger partial charge on any atom is -0.474 e. The summed E-state index contributed by atoms with van der Waals surface area (Å²) in [4.78, 5) is 16.6. The van der Waals surface area contributed by atoms with Crippen molar-refractivity contribution in [1.82, 2.24) is 39.8 Å². The van der Waals surface area contributed by atoms with Gasteiger partial charge in [-0.25, -0.2) is 9.97 Å². The molecule has 0 saturated carbocycles. The van der Waals surface area contributed by atoms with Crippen LogP contribution in [0.25, 0.3) is 22.3 Å². The molecule has 2 saturated heterocycles. The third kappa shape index (κ3) is 5.95. The summed E-state index contributed by atoms with van der Waals surface area (Å²) in [7, 11) is 0. The number of benzene rings is 2. The van der Waals surface area contributed by atoms with Gasteiger partial charge in [-0.1, -0.05) is 35.0 Å². The number of imidazole rings is 1. The number of nitrogens with one attached hydrogen (secondary N) is 1. The second-order valence-corrected chi connectivity index (χ2v) is 11.1. The summed E-state index contributed by atoms with van der Waals surface area (Å²) in [6, 6.07) is 16.0. The van der Waals surface area contributed by atoms with Crippen LogP contribution in [0.15, 0.2) is 60.9 Å². The summed E-state index contributed by atoms with van der Waals surface area (Å²) in [5, 5.41) is 11.4. The van der Waals surface area contributed by atoms with E-state index in [4.69, 9.17) is 26.1 Å². The molecule has 3 aromatic heterocycles. The number of nitrogens with zero attached hydrogens (tertiary/aromatic N) is 7. The van der Waals surface area contributed by atoms with E-state index >= 15 is 0 Å². The Morgan fingerprint density at radius 3 is 2.63 bits per heavy atom. The Morgan fingerprint density at radius 2 is 1.88 bits per heavy atom. The van der Waals surface area contributed by atoms with Crippen LogP contribution in [0.3, 0.4) is 0 Å². The molecule has 11 heteroatoms. The maximum atomic E-state index is 6.30. The van der Waals surface area contributed by atoms with Crippen LogP contribution in [0, 0.1) is 0 Å². The van der Waals surface area contributed by atoms with Crippen LogP contribution in [0.5, 0.6) is 5.88 Å². The van der Waals surface area contributed by atoms with Crippen molar-refractivity contribution in [3.05, 3.63) is 83.2 Å². The van der Waals surface area contributed by atoms with Crippen molar-refractivity contribution in [2.24, 2.45) is 0 Å². The van der Waals surface area contributed by atoms with E-state index in [0.29, 0.717) is 12.3 Å². The Balaban J connectivity index is 1.00. The first-order valence-corrected chi connectivity index (χ1v) is 14.5. The predicted octanol–water partition coefficient (Wildman–Crippen LogP) is 4.69. The number of likely N-dealkylation sites (tertiary alicyclic amines) is 1. The van der Waals surface area contributed by atoms with Crippen molar-refractivity contribution in [2.45, 2.75) is 51.0 Å². The van der Waals surface area contributed by atoms with Crippen LogP contribution in [-0.4, -0.2) is 71.7 Å². The van der Waals surface area contributed by atoms with Crippen molar-refractivity contribution in [2.75, 3.05) is 19.7 Å². The average molecular weight is 571 g/mol. The normalized spacial score (nSPS) is 18.0. The van der Waals surface area contributed by atoms with E-state index in [2.05, 4.69) is 53.0 Å². The minimum atomic E-state index is 0.122. The van der Waals surface area contributed by atoms with Gasteiger partial charge < -0.3 is 14.0 Å². The fraction of sp³-hybridized carbons (Fsp3) is 0.367. The summed E-state index contributed by atoms with van der Waals surface area (Å²) in [6.45, 7) is 4.31. The summed E-state index contributed by atoms with van der Waals surface area (Å²) in [5.41, 5.74) is 5.13. The second-order valence-electron chi connectivity index (χ2n) is 10.7. The van der Waals surface area contributed by atoms with E-state index in [-0.39, 0.29) is 12.2 Å². The van der Waals surface area contributed by atoms with Gasteiger partial charge in [-0.3, -0.25) is 10.00 Å². The lowest BCUT2D eigenvalue weighted by Gasteiger charge is -2.32. The SMILES string of the molecule is Clc1ccc(Cc2nccc(OC3CCN(Cc4nc5cc(-c6cnn[nH]6)ccc5n4CC4CCO4)CC3)n2)cc1. The first kappa shape index (κ1) is 26.1. The van der Waals surface area contributed by atoms with Gasteiger partial charge in [0.25, 0.3) is 0 Å². The molecule has 0 aliphatic carbocycles. The lowest BCUT2D eigenvalue weighted by Crippen LogP contribution is -2.39. The number of fused-ring (bicyclic) bond motifs is 1. The highest BCUT2D eigenvalue weighted by molar-refractivity contribution is 6.30. The minimum absolute atomic E-state index is 0.122. The summed E-state index contributed by atoms with van der Waals surface area (Å²) >= 11 is 6.01. The van der Waals surface area contributed by atoms with Crippen molar-refractivity contribution in [3.63, 3.8) is 0 Å². The maximum absolute atomic E-state index is 6.30. The standard InChI is InChI=1S/C30H31ClN8O2/c31-22-4-1-20(2-5-22)15-28-32-11-7-30(35-28)41-23-8-12-38(13-9-23)19-29-34-25-16-21(26-17-33-37-36-26)3-6-27(25)39(29)18-24-10-14-40-24/h1-7,11,16-17,23-24H,8-10,12-15,18-19H2,(H,33,36,37). The van der Waals surface area contributed by atoms with E-state index in [1.165, 1.54) is 0 Å². The van der Waals surface area contributed by atoms with Crippen LogP contribution in [0.2, 0.25) is 5.02 Å². The topological polar surface area (TPSA) is 107 Å². The molecule has 0 amide bonds. The molecule has 1 atom stereocenters. The zero-order chi connectivity index (χ0) is 27.6. The lowest BCUT2D eigenvalue weighted by atomic mass is 10.1. The molecule has 10 nitrogen and oxygen atoms in total. The van der Waals surface area contributed by atoms with Crippen molar-refractivity contribution in [1.29, 1.82) is 0 Å². The fourth-order valence-electron chi connectivity index (χ4n) is 5.51. The van der Waals surface area contributed by atoms with Crippen LogP contribution in [0.1, 0.15) is 36.5 Å². The molecular weight excluding hydrogens is 540 g/mol.